The molecule has 0 spiro atoms. The van der Waals surface area contributed by atoms with E-state index in [4.69, 9.17) is 5.11 Å². The standard InChI is InChI=1S/C9H16O4/c1-9(2,3)5-6(7(10)11)8(12)13-4/h6H,5H2,1-4H3,(H,10,11). The quantitative estimate of drug-likeness (QED) is 0.535. The highest BCUT2D eigenvalue weighted by Gasteiger charge is 2.31. The Labute approximate surface area is 77.9 Å². The Morgan fingerprint density at radius 3 is 2.08 bits per heavy atom. The molecule has 0 aromatic rings. The van der Waals surface area contributed by atoms with Gasteiger partial charge < -0.3 is 9.84 Å². The minimum absolute atomic E-state index is 0.197. The van der Waals surface area contributed by atoms with Crippen LogP contribution in [0.3, 0.4) is 0 Å². The predicted octanol–water partition coefficient (Wildman–Crippen LogP) is 1.30. The van der Waals surface area contributed by atoms with E-state index in [2.05, 4.69) is 4.74 Å². The molecule has 0 saturated heterocycles. The number of ether oxygens (including phenoxy) is 1. The van der Waals surface area contributed by atoms with E-state index in [1.54, 1.807) is 0 Å². The molecule has 76 valence electrons. The summed E-state index contributed by atoms with van der Waals surface area (Å²) in [7, 11) is 1.20. The summed E-state index contributed by atoms with van der Waals surface area (Å²) in [5.41, 5.74) is -0.197. The molecule has 0 aliphatic carbocycles. The molecule has 1 N–H and O–H groups in total. The molecule has 0 heterocycles. The number of carbonyl (C=O) groups excluding carboxylic acids is 1. The van der Waals surface area contributed by atoms with Gasteiger partial charge in [-0.3, -0.25) is 9.59 Å². The van der Waals surface area contributed by atoms with Crippen LogP contribution < -0.4 is 0 Å². The highest BCUT2D eigenvalue weighted by atomic mass is 16.5. The molecule has 1 unspecified atom stereocenters. The van der Waals surface area contributed by atoms with Gasteiger partial charge >= 0.3 is 11.9 Å². The lowest BCUT2D eigenvalue weighted by atomic mass is 9.85. The van der Waals surface area contributed by atoms with Crippen LogP contribution in [0.1, 0.15) is 27.2 Å². The van der Waals surface area contributed by atoms with Crippen LogP contribution in [-0.2, 0) is 14.3 Å². The average Bonchev–Trinajstić information content (AvgIpc) is 1.96. The van der Waals surface area contributed by atoms with Gasteiger partial charge in [-0.1, -0.05) is 20.8 Å². The normalized spacial score (nSPS) is 13.5. The summed E-state index contributed by atoms with van der Waals surface area (Å²) in [6.07, 6.45) is 0.287. The topological polar surface area (TPSA) is 63.6 Å². The number of methoxy groups -OCH3 is 1. The first-order valence-corrected chi connectivity index (χ1v) is 4.08. The number of hydrogen-bond acceptors (Lipinski definition) is 3. The number of carbonyl (C=O) groups is 2. The van der Waals surface area contributed by atoms with Crippen molar-refractivity contribution in [3.05, 3.63) is 0 Å². The van der Waals surface area contributed by atoms with Gasteiger partial charge in [0.25, 0.3) is 0 Å². The van der Waals surface area contributed by atoms with E-state index in [1.165, 1.54) is 7.11 Å². The molecule has 0 aromatic carbocycles. The average molecular weight is 188 g/mol. The van der Waals surface area contributed by atoms with Gasteiger partial charge in [0.15, 0.2) is 5.92 Å². The van der Waals surface area contributed by atoms with Crippen LogP contribution in [0.4, 0.5) is 0 Å². The fourth-order valence-electron chi connectivity index (χ4n) is 1.03. The second-order valence-electron chi connectivity index (χ2n) is 4.18. The van der Waals surface area contributed by atoms with Crippen molar-refractivity contribution in [2.24, 2.45) is 11.3 Å². The summed E-state index contributed by atoms with van der Waals surface area (Å²) in [5, 5.41) is 8.74. The lowest BCUT2D eigenvalue weighted by Gasteiger charge is -2.21. The van der Waals surface area contributed by atoms with Crippen LogP contribution in [-0.4, -0.2) is 24.2 Å². The maximum Gasteiger partial charge on any atom is 0.320 e. The summed E-state index contributed by atoms with van der Waals surface area (Å²) in [6.45, 7) is 5.64. The first kappa shape index (κ1) is 11.9. The van der Waals surface area contributed by atoms with Crippen LogP contribution in [0.25, 0.3) is 0 Å². The molecule has 0 aromatic heterocycles. The van der Waals surface area contributed by atoms with Crippen molar-refractivity contribution in [2.45, 2.75) is 27.2 Å². The molecular formula is C9H16O4. The van der Waals surface area contributed by atoms with E-state index >= 15 is 0 Å². The number of aliphatic carboxylic acids is 1. The van der Waals surface area contributed by atoms with Crippen molar-refractivity contribution in [1.29, 1.82) is 0 Å². The molecule has 13 heavy (non-hydrogen) atoms. The summed E-state index contributed by atoms with van der Waals surface area (Å²) in [6, 6.07) is 0. The third kappa shape index (κ3) is 4.50. The van der Waals surface area contributed by atoms with E-state index in [1.807, 2.05) is 20.8 Å². The van der Waals surface area contributed by atoms with Gasteiger partial charge in [0.2, 0.25) is 0 Å². The van der Waals surface area contributed by atoms with Crippen molar-refractivity contribution < 1.29 is 19.4 Å². The molecule has 0 fully saturated rings. The van der Waals surface area contributed by atoms with Gasteiger partial charge in [0, 0.05) is 0 Å². The Balaban J connectivity index is 4.45. The Morgan fingerprint density at radius 2 is 1.85 bits per heavy atom. The first-order valence-electron chi connectivity index (χ1n) is 4.08. The maximum atomic E-state index is 11.0. The highest BCUT2D eigenvalue weighted by Crippen LogP contribution is 2.25. The van der Waals surface area contributed by atoms with E-state index < -0.39 is 17.9 Å². The molecule has 0 rings (SSSR count). The fourth-order valence-corrected chi connectivity index (χ4v) is 1.03. The number of esters is 1. The smallest absolute Gasteiger partial charge is 0.320 e. The molecule has 0 aliphatic heterocycles. The van der Waals surface area contributed by atoms with Crippen LogP contribution >= 0.6 is 0 Å². The number of hydrogen-bond donors (Lipinski definition) is 1. The van der Waals surface area contributed by atoms with Crippen molar-refractivity contribution >= 4 is 11.9 Å². The van der Waals surface area contributed by atoms with Gasteiger partial charge in [0.05, 0.1) is 7.11 Å². The van der Waals surface area contributed by atoms with Crippen molar-refractivity contribution in [3.63, 3.8) is 0 Å². The third-order valence-electron chi connectivity index (χ3n) is 1.60. The Hall–Kier alpha value is -1.06. The van der Waals surface area contributed by atoms with E-state index in [0.29, 0.717) is 0 Å². The zero-order chi connectivity index (χ0) is 10.6. The predicted molar refractivity (Wildman–Crippen MR) is 47.2 cm³/mol. The Bertz CT molecular complexity index is 202. The number of carboxylic acids is 1. The molecule has 0 radical (unpaired) electrons. The molecule has 0 aliphatic rings. The zero-order valence-corrected chi connectivity index (χ0v) is 8.46. The van der Waals surface area contributed by atoms with Gasteiger partial charge in [0.1, 0.15) is 0 Å². The Kier molecular flexibility index (Phi) is 3.91. The Morgan fingerprint density at radius 1 is 1.38 bits per heavy atom. The zero-order valence-electron chi connectivity index (χ0n) is 8.46. The van der Waals surface area contributed by atoms with E-state index in [-0.39, 0.29) is 11.8 Å². The summed E-state index contributed by atoms with van der Waals surface area (Å²) in [4.78, 5) is 21.7. The second-order valence-corrected chi connectivity index (χ2v) is 4.18. The van der Waals surface area contributed by atoms with Gasteiger partial charge in [-0.25, -0.2) is 0 Å². The molecule has 0 saturated carbocycles. The van der Waals surface area contributed by atoms with Crippen molar-refractivity contribution in [1.82, 2.24) is 0 Å². The van der Waals surface area contributed by atoms with Crippen molar-refractivity contribution in [3.8, 4) is 0 Å². The molecular weight excluding hydrogens is 172 g/mol. The fraction of sp³-hybridized carbons (Fsp3) is 0.778. The summed E-state index contributed by atoms with van der Waals surface area (Å²) in [5.74, 6) is -2.85. The van der Waals surface area contributed by atoms with Crippen LogP contribution in [0.2, 0.25) is 0 Å². The molecule has 0 amide bonds. The minimum atomic E-state index is -1.12. The summed E-state index contributed by atoms with van der Waals surface area (Å²) >= 11 is 0. The number of rotatable bonds is 3. The van der Waals surface area contributed by atoms with Crippen LogP contribution in [0.15, 0.2) is 0 Å². The third-order valence-corrected chi connectivity index (χ3v) is 1.60. The van der Waals surface area contributed by atoms with Gasteiger partial charge in [-0.05, 0) is 11.8 Å². The van der Waals surface area contributed by atoms with Crippen LogP contribution in [0, 0.1) is 11.3 Å². The van der Waals surface area contributed by atoms with Gasteiger partial charge in [-0.15, -0.1) is 0 Å². The largest absolute Gasteiger partial charge is 0.481 e. The van der Waals surface area contributed by atoms with Gasteiger partial charge in [-0.2, -0.15) is 0 Å². The van der Waals surface area contributed by atoms with E-state index in [9.17, 15) is 9.59 Å². The lowest BCUT2D eigenvalue weighted by molar-refractivity contribution is -0.158. The molecule has 4 nitrogen and oxygen atoms in total. The van der Waals surface area contributed by atoms with E-state index in [0.717, 1.165) is 0 Å². The number of carboxylic acid groups (broad SMARTS) is 1. The molecule has 1 atom stereocenters. The highest BCUT2D eigenvalue weighted by molar-refractivity contribution is 5.93. The SMILES string of the molecule is COC(=O)C(CC(C)(C)C)C(=O)O. The molecule has 0 bridgehead atoms. The minimum Gasteiger partial charge on any atom is -0.481 e. The van der Waals surface area contributed by atoms with Crippen LogP contribution in [0.5, 0.6) is 0 Å². The molecule has 4 heteroatoms. The maximum absolute atomic E-state index is 11.0. The first-order chi connectivity index (χ1) is 5.78. The monoisotopic (exact) mass is 188 g/mol. The second kappa shape index (κ2) is 4.25. The summed E-state index contributed by atoms with van der Waals surface area (Å²) < 4.78 is 4.40. The van der Waals surface area contributed by atoms with Crippen molar-refractivity contribution in [2.75, 3.05) is 7.11 Å². The lowest BCUT2D eigenvalue weighted by Crippen LogP contribution is -2.29.